The average Bonchev–Trinajstić information content (AvgIpc) is 3.67. The van der Waals surface area contributed by atoms with E-state index in [2.05, 4.69) is 20.4 Å². The smallest absolute Gasteiger partial charge is 0.272 e. The summed E-state index contributed by atoms with van der Waals surface area (Å²) in [6.45, 7) is 0.119. The largest absolute Gasteiger partial charge is 0.347 e. The molecule has 2 N–H and O–H groups in total. The third-order valence-corrected chi connectivity index (χ3v) is 6.79. The molecule has 0 bridgehead atoms. The molecule has 1 amide bonds. The van der Waals surface area contributed by atoms with E-state index in [0.717, 1.165) is 24.2 Å². The molecule has 3 aromatic heterocycles. The number of rotatable bonds is 6. The highest BCUT2D eigenvalue weighted by Crippen LogP contribution is 2.33. The van der Waals surface area contributed by atoms with Crippen molar-refractivity contribution in [1.29, 1.82) is 0 Å². The SMILES string of the molecule is O=C(NCc1cc(F)cc(-c2cnn(-c3ccc(F)cc3)c2)c1)c1nccc2[nH]c(C3CCCC3)nc12. The molecule has 0 saturated heterocycles. The lowest BCUT2D eigenvalue weighted by Gasteiger charge is -2.08. The molecule has 37 heavy (non-hydrogen) atoms. The molecule has 2 aromatic carbocycles. The van der Waals surface area contributed by atoms with Crippen LogP contribution in [0.25, 0.3) is 27.8 Å². The number of pyridine rings is 1. The minimum Gasteiger partial charge on any atom is -0.347 e. The Hall–Kier alpha value is -4.40. The maximum absolute atomic E-state index is 14.5. The number of aromatic nitrogens is 5. The van der Waals surface area contributed by atoms with Crippen molar-refractivity contribution in [1.82, 2.24) is 30.0 Å². The lowest BCUT2D eigenvalue weighted by molar-refractivity contribution is 0.0947. The van der Waals surface area contributed by atoms with Gasteiger partial charge in [0.1, 0.15) is 23.0 Å². The Bertz CT molecular complexity index is 1580. The first-order chi connectivity index (χ1) is 18.0. The lowest BCUT2D eigenvalue weighted by atomic mass is 10.1. The third-order valence-electron chi connectivity index (χ3n) is 6.79. The van der Waals surface area contributed by atoms with Crippen LogP contribution in [0.1, 0.15) is 53.5 Å². The average molecular weight is 499 g/mol. The summed E-state index contributed by atoms with van der Waals surface area (Å²) in [6, 6.07) is 12.4. The van der Waals surface area contributed by atoms with E-state index in [9.17, 15) is 13.6 Å². The molecule has 0 radical (unpaired) electrons. The van der Waals surface area contributed by atoms with Crippen LogP contribution in [0.2, 0.25) is 0 Å². The molecule has 1 fully saturated rings. The van der Waals surface area contributed by atoms with E-state index in [1.54, 1.807) is 41.5 Å². The number of nitrogens with one attached hydrogen (secondary N) is 2. The van der Waals surface area contributed by atoms with Crippen molar-refractivity contribution in [2.45, 2.75) is 38.1 Å². The first-order valence-corrected chi connectivity index (χ1v) is 12.3. The fraction of sp³-hybridized carbons (Fsp3) is 0.214. The zero-order valence-corrected chi connectivity index (χ0v) is 19.9. The highest BCUT2D eigenvalue weighted by molar-refractivity contribution is 6.02. The predicted octanol–water partition coefficient (Wildman–Crippen LogP) is 5.68. The molecule has 3 heterocycles. The van der Waals surface area contributed by atoms with Gasteiger partial charge in [-0.3, -0.25) is 4.79 Å². The summed E-state index contributed by atoms with van der Waals surface area (Å²) < 4.78 is 29.3. The van der Waals surface area contributed by atoms with Crippen LogP contribution in [-0.2, 0) is 6.54 Å². The zero-order valence-electron chi connectivity index (χ0n) is 19.9. The van der Waals surface area contributed by atoms with Crippen molar-refractivity contribution in [3.05, 3.63) is 95.8 Å². The van der Waals surface area contributed by atoms with Crippen molar-refractivity contribution in [3.8, 4) is 16.8 Å². The summed E-state index contributed by atoms with van der Waals surface area (Å²) in [5.74, 6) is 0.169. The van der Waals surface area contributed by atoms with Crippen LogP contribution >= 0.6 is 0 Å². The number of amides is 1. The van der Waals surface area contributed by atoms with E-state index in [1.807, 2.05) is 6.07 Å². The van der Waals surface area contributed by atoms with Crippen molar-refractivity contribution in [2.75, 3.05) is 0 Å². The number of aromatic amines is 1. The van der Waals surface area contributed by atoms with Gasteiger partial charge in [-0.15, -0.1) is 0 Å². The molecule has 0 aliphatic heterocycles. The number of nitrogens with zero attached hydrogens (tertiary/aromatic N) is 4. The Balaban J connectivity index is 1.20. The molecule has 186 valence electrons. The minimum atomic E-state index is -0.426. The number of carbonyl (C=O) groups is 1. The number of benzene rings is 2. The summed E-state index contributed by atoms with van der Waals surface area (Å²) in [7, 11) is 0. The molecule has 7 nitrogen and oxygen atoms in total. The predicted molar refractivity (Wildman–Crippen MR) is 135 cm³/mol. The van der Waals surface area contributed by atoms with Gasteiger partial charge in [-0.1, -0.05) is 12.8 Å². The Morgan fingerprint density at radius 1 is 1.03 bits per heavy atom. The van der Waals surface area contributed by atoms with E-state index in [-0.39, 0.29) is 24.0 Å². The molecule has 9 heteroatoms. The van der Waals surface area contributed by atoms with E-state index in [1.165, 1.54) is 37.1 Å². The van der Waals surface area contributed by atoms with Gasteiger partial charge in [0.2, 0.25) is 0 Å². The van der Waals surface area contributed by atoms with Crippen LogP contribution in [0.4, 0.5) is 8.78 Å². The van der Waals surface area contributed by atoms with Gasteiger partial charge in [0, 0.05) is 30.4 Å². The second kappa shape index (κ2) is 9.57. The van der Waals surface area contributed by atoms with Gasteiger partial charge in [-0.05, 0) is 72.5 Å². The monoisotopic (exact) mass is 498 g/mol. The van der Waals surface area contributed by atoms with E-state index >= 15 is 0 Å². The quantitative estimate of drug-likeness (QED) is 0.315. The van der Waals surface area contributed by atoms with Gasteiger partial charge < -0.3 is 10.3 Å². The van der Waals surface area contributed by atoms with Crippen LogP contribution in [0, 0.1) is 11.6 Å². The summed E-state index contributed by atoms with van der Waals surface area (Å²) in [5.41, 5.74) is 4.18. The summed E-state index contributed by atoms with van der Waals surface area (Å²) >= 11 is 0. The Morgan fingerprint density at radius 3 is 2.65 bits per heavy atom. The minimum absolute atomic E-state index is 0.119. The van der Waals surface area contributed by atoms with Gasteiger partial charge in [0.25, 0.3) is 5.91 Å². The topological polar surface area (TPSA) is 88.5 Å². The maximum atomic E-state index is 14.5. The Labute approximate surface area is 211 Å². The van der Waals surface area contributed by atoms with Gasteiger partial charge >= 0.3 is 0 Å². The number of fused-ring (bicyclic) bond motifs is 1. The van der Waals surface area contributed by atoms with Gasteiger partial charge in [0.15, 0.2) is 5.69 Å². The normalized spacial score (nSPS) is 13.9. The molecule has 0 spiro atoms. The van der Waals surface area contributed by atoms with Crippen molar-refractivity contribution in [2.24, 2.45) is 0 Å². The number of hydrogen-bond acceptors (Lipinski definition) is 4. The van der Waals surface area contributed by atoms with Gasteiger partial charge in [-0.25, -0.2) is 23.4 Å². The van der Waals surface area contributed by atoms with Crippen LogP contribution in [0.15, 0.2) is 67.1 Å². The molecule has 0 unspecified atom stereocenters. The van der Waals surface area contributed by atoms with Crippen molar-refractivity contribution in [3.63, 3.8) is 0 Å². The third kappa shape index (κ3) is 4.72. The van der Waals surface area contributed by atoms with E-state index in [0.29, 0.717) is 33.8 Å². The number of carbonyl (C=O) groups excluding carboxylic acids is 1. The van der Waals surface area contributed by atoms with E-state index in [4.69, 9.17) is 4.98 Å². The number of imidazole rings is 1. The number of hydrogen-bond donors (Lipinski definition) is 2. The first-order valence-electron chi connectivity index (χ1n) is 12.3. The maximum Gasteiger partial charge on any atom is 0.272 e. The Morgan fingerprint density at radius 2 is 1.84 bits per heavy atom. The van der Waals surface area contributed by atoms with Crippen LogP contribution < -0.4 is 5.32 Å². The molecule has 6 rings (SSSR count). The second-order valence-electron chi connectivity index (χ2n) is 9.34. The highest BCUT2D eigenvalue weighted by Gasteiger charge is 2.22. The van der Waals surface area contributed by atoms with Crippen molar-refractivity contribution >= 4 is 16.9 Å². The fourth-order valence-electron chi connectivity index (χ4n) is 4.91. The fourth-order valence-corrected chi connectivity index (χ4v) is 4.91. The zero-order chi connectivity index (χ0) is 25.4. The van der Waals surface area contributed by atoms with Crippen molar-refractivity contribution < 1.29 is 13.6 Å². The number of halogens is 2. The summed E-state index contributed by atoms with van der Waals surface area (Å²) in [5, 5.41) is 7.16. The molecule has 1 aliphatic rings. The summed E-state index contributed by atoms with van der Waals surface area (Å²) in [6.07, 6.45) is 9.52. The molecule has 1 aliphatic carbocycles. The number of H-pyrrole nitrogens is 1. The highest BCUT2D eigenvalue weighted by atomic mass is 19.1. The second-order valence-corrected chi connectivity index (χ2v) is 9.34. The summed E-state index contributed by atoms with van der Waals surface area (Å²) in [4.78, 5) is 25.4. The lowest BCUT2D eigenvalue weighted by Crippen LogP contribution is -2.24. The molecular weight excluding hydrogens is 474 g/mol. The molecular formula is C28H24F2N6O. The Kier molecular flexibility index (Phi) is 5.96. The molecule has 1 saturated carbocycles. The first kappa shape index (κ1) is 23.0. The molecule has 0 atom stereocenters. The van der Waals surface area contributed by atoms with E-state index < -0.39 is 5.82 Å². The molecule has 5 aromatic rings. The standard InChI is InChI=1S/C28H24F2N6O/c29-21-5-7-23(8-6-21)36-16-20(15-33-36)19-11-17(12-22(30)13-19)14-32-28(37)26-25-24(9-10-31-26)34-27(35-25)18-3-1-2-4-18/h5-13,15-16,18H,1-4,14H2,(H,32,37)(H,34,35). The van der Waals surface area contributed by atoms with Crippen LogP contribution in [-0.4, -0.2) is 30.6 Å². The van der Waals surface area contributed by atoms with Crippen LogP contribution in [0.3, 0.4) is 0 Å². The van der Waals surface area contributed by atoms with Gasteiger partial charge in [0.05, 0.1) is 17.4 Å². The van der Waals surface area contributed by atoms with Crippen LogP contribution in [0.5, 0.6) is 0 Å². The van der Waals surface area contributed by atoms with Gasteiger partial charge in [-0.2, -0.15) is 5.10 Å².